The van der Waals surface area contributed by atoms with Crippen LogP contribution in [0, 0.1) is 11.6 Å². The van der Waals surface area contributed by atoms with E-state index in [9.17, 15) is 8.78 Å². The second kappa shape index (κ2) is 6.56. The molecule has 1 aromatic heterocycles. The third-order valence-corrected chi connectivity index (χ3v) is 3.23. The fraction of sp³-hybridized carbons (Fsp3) is 0.429. The van der Waals surface area contributed by atoms with Crippen LogP contribution in [0.15, 0.2) is 24.4 Å². The summed E-state index contributed by atoms with van der Waals surface area (Å²) in [6, 6.07) is 3.54. The highest BCUT2D eigenvalue weighted by Crippen LogP contribution is 2.20. The van der Waals surface area contributed by atoms with Crippen molar-refractivity contribution in [1.29, 1.82) is 0 Å². The Labute approximate surface area is 116 Å². The van der Waals surface area contributed by atoms with Crippen molar-refractivity contribution in [2.75, 3.05) is 7.05 Å². The van der Waals surface area contributed by atoms with Crippen molar-refractivity contribution in [3.63, 3.8) is 0 Å². The van der Waals surface area contributed by atoms with Gasteiger partial charge in [-0.25, -0.2) is 13.5 Å². The predicted molar refractivity (Wildman–Crippen MR) is 72.2 cm³/mol. The van der Waals surface area contributed by atoms with Crippen molar-refractivity contribution in [3.05, 3.63) is 47.3 Å². The summed E-state index contributed by atoms with van der Waals surface area (Å²) in [5.41, 5.74) is 1.37. The summed E-state index contributed by atoms with van der Waals surface area (Å²) in [6.45, 7) is 2.82. The second-order valence-corrected chi connectivity index (χ2v) is 4.66. The largest absolute Gasteiger partial charge is 0.311 e. The van der Waals surface area contributed by atoms with E-state index in [-0.39, 0.29) is 6.04 Å². The molecule has 0 amide bonds. The molecule has 0 aliphatic rings. The molecule has 0 aliphatic carbocycles. The molecule has 0 aliphatic heterocycles. The maximum atomic E-state index is 13.7. The SMILES string of the molecule is CCCn1nncc1C(Cc1ccc(F)cc1F)NC. The van der Waals surface area contributed by atoms with Gasteiger partial charge in [-0.1, -0.05) is 18.2 Å². The van der Waals surface area contributed by atoms with Gasteiger partial charge in [0, 0.05) is 12.6 Å². The fourth-order valence-electron chi connectivity index (χ4n) is 2.18. The standard InChI is InChI=1S/C14H18F2N4/c1-3-6-20-14(9-18-19-20)13(17-2)7-10-4-5-11(15)8-12(10)16/h4-5,8-9,13,17H,3,6-7H2,1-2H3. The number of rotatable bonds is 6. The zero-order chi connectivity index (χ0) is 14.5. The number of benzene rings is 1. The van der Waals surface area contributed by atoms with Gasteiger partial charge in [-0.3, -0.25) is 0 Å². The molecule has 0 saturated heterocycles. The second-order valence-electron chi connectivity index (χ2n) is 4.66. The molecule has 0 saturated carbocycles. The zero-order valence-corrected chi connectivity index (χ0v) is 11.6. The highest BCUT2D eigenvalue weighted by Gasteiger charge is 2.17. The van der Waals surface area contributed by atoms with E-state index in [1.807, 2.05) is 4.68 Å². The summed E-state index contributed by atoms with van der Waals surface area (Å²) in [5.74, 6) is -1.09. The molecule has 2 aromatic rings. The van der Waals surface area contributed by atoms with Gasteiger partial charge in [0.25, 0.3) is 0 Å². The van der Waals surface area contributed by atoms with Crippen LogP contribution >= 0.6 is 0 Å². The van der Waals surface area contributed by atoms with Crippen molar-refractivity contribution < 1.29 is 8.78 Å². The van der Waals surface area contributed by atoms with Gasteiger partial charge in [-0.2, -0.15) is 0 Å². The van der Waals surface area contributed by atoms with Crippen LogP contribution in [0.1, 0.15) is 30.6 Å². The number of halogens is 2. The Morgan fingerprint density at radius 3 is 2.80 bits per heavy atom. The number of hydrogen-bond acceptors (Lipinski definition) is 3. The summed E-state index contributed by atoms with van der Waals surface area (Å²) < 4.78 is 28.5. The summed E-state index contributed by atoms with van der Waals surface area (Å²) in [4.78, 5) is 0. The highest BCUT2D eigenvalue weighted by molar-refractivity contribution is 5.21. The first kappa shape index (κ1) is 14.6. The van der Waals surface area contributed by atoms with Crippen LogP contribution < -0.4 is 5.32 Å². The average Bonchev–Trinajstić information content (AvgIpc) is 2.87. The first-order chi connectivity index (χ1) is 9.65. The van der Waals surface area contributed by atoms with Gasteiger partial charge in [-0.15, -0.1) is 5.10 Å². The molecule has 1 aromatic carbocycles. The quantitative estimate of drug-likeness (QED) is 0.884. The molecule has 6 heteroatoms. The third-order valence-electron chi connectivity index (χ3n) is 3.23. The Hall–Kier alpha value is -1.82. The first-order valence-electron chi connectivity index (χ1n) is 6.65. The van der Waals surface area contributed by atoms with Crippen molar-refractivity contribution >= 4 is 0 Å². The Morgan fingerprint density at radius 2 is 2.15 bits per heavy atom. The number of hydrogen-bond donors (Lipinski definition) is 1. The topological polar surface area (TPSA) is 42.7 Å². The van der Waals surface area contributed by atoms with Crippen molar-refractivity contribution in [1.82, 2.24) is 20.3 Å². The Kier molecular flexibility index (Phi) is 4.79. The minimum atomic E-state index is -0.565. The molecule has 1 unspecified atom stereocenters. The summed E-state index contributed by atoms with van der Waals surface area (Å²) in [6.07, 6.45) is 3.04. The predicted octanol–water partition coefficient (Wildman–Crippen LogP) is 2.47. The molecule has 108 valence electrons. The molecule has 0 fully saturated rings. The Balaban J connectivity index is 2.22. The van der Waals surface area contributed by atoms with Crippen LogP contribution in [0.3, 0.4) is 0 Å². The first-order valence-corrected chi connectivity index (χ1v) is 6.65. The highest BCUT2D eigenvalue weighted by atomic mass is 19.1. The molecular weight excluding hydrogens is 262 g/mol. The summed E-state index contributed by atoms with van der Waals surface area (Å²) in [5, 5.41) is 11.1. The number of aromatic nitrogens is 3. The molecule has 20 heavy (non-hydrogen) atoms. The van der Waals surface area contributed by atoms with Crippen LogP contribution in [0.5, 0.6) is 0 Å². The van der Waals surface area contributed by atoms with Crippen LogP contribution in [-0.2, 0) is 13.0 Å². The lowest BCUT2D eigenvalue weighted by Gasteiger charge is -2.17. The van der Waals surface area contributed by atoms with E-state index in [4.69, 9.17) is 0 Å². The molecule has 0 bridgehead atoms. The summed E-state index contributed by atoms with van der Waals surface area (Å²) in [7, 11) is 1.80. The monoisotopic (exact) mass is 280 g/mol. The Morgan fingerprint density at radius 1 is 1.35 bits per heavy atom. The van der Waals surface area contributed by atoms with E-state index in [0.29, 0.717) is 12.0 Å². The number of nitrogens with one attached hydrogen (secondary N) is 1. The third kappa shape index (κ3) is 3.19. The van der Waals surface area contributed by atoms with Gasteiger partial charge in [0.05, 0.1) is 17.9 Å². The van der Waals surface area contributed by atoms with Gasteiger partial charge in [0.15, 0.2) is 0 Å². The molecule has 0 radical (unpaired) electrons. The lowest BCUT2D eigenvalue weighted by atomic mass is 10.0. The average molecular weight is 280 g/mol. The molecular formula is C14H18F2N4. The van der Waals surface area contributed by atoms with Crippen molar-refractivity contribution in [2.24, 2.45) is 0 Å². The van der Waals surface area contributed by atoms with E-state index < -0.39 is 11.6 Å². The van der Waals surface area contributed by atoms with E-state index >= 15 is 0 Å². The molecule has 1 N–H and O–H groups in total. The molecule has 2 rings (SSSR count). The van der Waals surface area contributed by atoms with E-state index in [1.54, 1.807) is 13.2 Å². The maximum Gasteiger partial charge on any atom is 0.129 e. The molecule has 4 nitrogen and oxygen atoms in total. The molecule has 0 spiro atoms. The van der Waals surface area contributed by atoms with Gasteiger partial charge in [-0.05, 0) is 31.5 Å². The molecule has 1 heterocycles. The fourth-order valence-corrected chi connectivity index (χ4v) is 2.18. The Bertz CT molecular complexity index is 568. The van der Waals surface area contributed by atoms with Crippen LogP contribution in [0.2, 0.25) is 0 Å². The van der Waals surface area contributed by atoms with Crippen LogP contribution in [0.4, 0.5) is 8.78 Å². The van der Waals surface area contributed by atoms with Crippen LogP contribution in [0.25, 0.3) is 0 Å². The number of nitrogens with zero attached hydrogens (tertiary/aromatic N) is 3. The zero-order valence-electron chi connectivity index (χ0n) is 11.6. The van der Waals surface area contributed by atoms with E-state index in [2.05, 4.69) is 22.6 Å². The van der Waals surface area contributed by atoms with Gasteiger partial charge in [0.2, 0.25) is 0 Å². The maximum absolute atomic E-state index is 13.7. The number of aryl methyl sites for hydroxylation is 1. The van der Waals surface area contributed by atoms with E-state index in [1.165, 1.54) is 12.1 Å². The van der Waals surface area contributed by atoms with Crippen molar-refractivity contribution in [2.45, 2.75) is 32.4 Å². The smallest absolute Gasteiger partial charge is 0.129 e. The van der Waals surface area contributed by atoms with Crippen molar-refractivity contribution in [3.8, 4) is 0 Å². The number of likely N-dealkylation sites (N-methyl/N-ethyl adjacent to an activating group) is 1. The van der Waals surface area contributed by atoms with E-state index in [0.717, 1.165) is 24.7 Å². The molecule has 1 atom stereocenters. The lowest BCUT2D eigenvalue weighted by molar-refractivity contribution is 0.481. The normalized spacial score (nSPS) is 12.6. The van der Waals surface area contributed by atoms with Gasteiger partial charge < -0.3 is 5.32 Å². The van der Waals surface area contributed by atoms with Gasteiger partial charge >= 0.3 is 0 Å². The lowest BCUT2D eigenvalue weighted by Crippen LogP contribution is -2.23. The minimum absolute atomic E-state index is 0.114. The summed E-state index contributed by atoms with van der Waals surface area (Å²) >= 11 is 0. The minimum Gasteiger partial charge on any atom is -0.311 e. The van der Waals surface area contributed by atoms with Gasteiger partial charge in [0.1, 0.15) is 11.6 Å². The van der Waals surface area contributed by atoms with Crippen LogP contribution in [-0.4, -0.2) is 22.0 Å².